The summed E-state index contributed by atoms with van der Waals surface area (Å²) < 4.78 is 12.6. The maximum atomic E-state index is 5.42. The van der Waals surface area contributed by atoms with Crippen molar-refractivity contribution >= 4 is 5.82 Å². The van der Waals surface area contributed by atoms with Crippen LogP contribution < -0.4 is 5.32 Å². The van der Waals surface area contributed by atoms with Crippen LogP contribution in [0.2, 0.25) is 0 Å². The Bertz CT molecular complexity index is 595. The largest absolute Gasteiger partial charge is 0.383 e. The predicted molar refractivity (Wildman–Crippen MR) is 81.6 cm³/mol. The summed E-state index contributed by atoms with van der Waals surface area (Å²) in [7, 11) is 1.70. The van der Waals surface area contributed by atoms with E-state index in [0.29, 0.717) is 19.1 Å². The molecule has 118 valence electrons. The number of anilines is 1. The molecule has 0 bridgehead atoms. The van der Waals surface area contributed by atoms with Gasteiger partial charge in [-0.15, -0.1) is 0 Å². The average molecular weight is 303 g/mol. The number of ether oxygens (including phenoxy) is 2. The van der Waals surface area contributed by atoms with E-state index in [1.54, 1.807) is 13.4 Å². The van der Waals surface area contributed by atoms with Crippen molar-refractivity contribution < 1.29 is 9.47 Å². The van der Waals surface area contributed by atoms with Crippen LogP contribution in [0.5, 0.6) is 0 Å². The zero-order valence-corrected chi connectivity index (χ0v) is 12.7. The van der Waals surface area contributed by atoms with Crippen LogP contribution in [0.3, 0.4) is 0 Å². The average Bonchev–Trinajstić information content (AvgIpc) is 3.23. The number of hydrogen-bond donors (Lipinski definition) is 1. The van der Waals surface area contributed by atoms with E-state index >= 15 is 0 Å². The number of hydrogen-bond acceptors (Lipinski definition) is 6. The van der Waals surface area contributed by atoms with Crippen LogP contribution in [0.15, 0.2) is 24.9 Å². The van der Waals surface area contributed by atoms with E-state index in [0.717, 1.165) is 43.4 Å². The maximum Gasteiger partial charge on any atom is 0.129 e. The van der Waals surface area contributed by atoms with Crippen LogP contribution in [-0.2, 0) is 22.6 Å². The van der Waals surface area contributed by atoms with Gasteiger partial charge in [-0.2, -0.15) is 0 Å². The van der Waals surface area contributed by atoms with Crippen molar-refractivity contribution in [2.24, 2.45) is 0 Å². The lowest BCUT2D eigenvalue weighted by Crippen LogP contribution is -2.11. The van der Waals surface area contributed by atoms with Gasteiger partial charge in [0, 0.05) is 38.4 Å². The predicted octanol–water partition coefficient (Wildman–Crippen LogP) is 1.44. The Kier molecular flexibility index (Phi) is 4.97. The minimum absolute atomic E-state index is 0.385. The minimum Gasteiger partial charge on any atom is -0.383 e. The molecule has 0 saturated carbocycles. The van der Waals surface area contributed by atoms with Gasteiger partial charge in [-0.1, -0.05) is 0 Å². The number of aromatic nitrogens is 4. The molecule has 7 heteroatoms. The van der Waals surface area contributed by atoms with Gasteiger partial charge in [0.1, 0.15) is 12.1 Å². The van der Waals surface area contributed by atoms with Gasteiger partial charge < -0.3 is 19.4 Å². The van der Waals surface area contributed by atoms with Crippen molar-refractivity contribution in [2.45, 2.75) is 25.4 Å². The molecular weight excluding hydrogens is 282 g/mol. The molecule has 0 amide bonds. The second-order valence-electron chi connectivity index (χ2n) is 5.31. The number of rotatable bonds is 7. The van der Waals surface area contributed by atoms with Gasteiger partial charge in [0.25, 0.3) is 0 Å². The summed E-state index contributed by atoms with van der Waals surface area (Å²) in [5.41, 5.74) is 2.14. The Hall–Kier alpha value is -1.99. The third-order valence-electron chi connectivity index (χ3n) is 3.82. The monoisotopic (exact) mass is 303 g/mol. The molecule has 1 fully saturated rings. The van der Waals surface area contributed by atoms with Crippen molar-refractivity contribution in [3.8, 4) is 0 Å². The fourth-order valence-corrected chi connectivity index (χ4v) is 2.53. The van der Waals surface area contributed by atoms with E-state index in [-0.39, 0.29) is 0 Å². The molecule has 3 heterocycles. The van der Waals surface area contributed by atoms with Gasteiger partial charge in [-0.05, 0) is 6.42 Å². The molecule has 2 aromatic heterocycles. The SMILES string of the molecule is COCCn1cncc1CNc1cc(C2CCOC2)ncn1. The smallest absolute Gasteiger partial charge is 0.129 e. The number of nitrogens with zero attached hydrogens (tertiary/aromatic N) is 4. The van der Waals surface area contributed by atoms with Crippen molar-refractivity contribution in [2.75, 3.05) is 32.2 Å². The molecule has 1 N–H and O–H groups in total. The molecule has 1 saturated heterocycles. The summed E-state index contributed by atoms with van der Waals surface area (Å²) in [6.45, 7) is 3.70. The molecule has 2 aromatic rings. The lowest BCUT2D eigenvalue weighted by molar-refractivity contribution is 0.186. The molecule has 1 aliphatic heterocycles. The summed E-state index contributed by atoms with van der Waals surface area (Å²) in [5.74, 6) is 1.21. The van der Waals surface area contributed by atoms with E-state index in [1.165, 1.54) is 0 Å². The Morgan fingerprint density at radius 3 is 3.23 bits per heavy atom. The first-order valence-corrected chi connectivity index (χ1v) is 7.48. The maximum absolute atomic E-state index is 5.42. The van der Waals surface area contributed by atoms with Gasteiger partial charge in [-0.25, -0.2) is 15.0 Å². The van der Waals surface area contributed by atoms with Gasteiger partial charge in [0.15, 0.2) is 0 Å². The molecular formula is C15H21N5O2. The van der Waals surface area contributed by atoms with Gasteiger partial charge in [0.2, 0.25) is 0 Å². The summed E-state index contributed by atoms with van der Waals surface area (Å²) in [6, 6.07) is 2.01. The highest BCUT2D eigenvalue weighted by Gasteiger charge is 2.19. The Morgan fingerprint density at radius 1 is 1.45 bits per heavy atom. The third-order valence-corrected chi connectivity index (χ3v) is 3.82. The second-order valence-corrected chi connectivity index (χ2v) is 5.31. The fourth-order valence-electron chi connectivity index (χ4n) is 2.53. The third kappa shape index (κ3) is 3.61. The molecule has 22 heavy (non-hydrogen) atoms. The molecule has 0 aromatic carbocycles. The van der Waals surface area contributed by atoms with Crippen molar-refractivity contribution in [3.05, 3.63) is 36.3 Å². The van der Waals surface area contributed by atoms with Crippen LogP contribution in [-0.4, -0.2) is 46.4 Å². The Morgan fingerprint density at radius 2 is 2.41 bits per heavy atom. The first-order valence-electron chi connectivity index (χ1n) is 7.48. The van der Waals surface area contributed by atoms with Crippen LogP contribution in [0, 0.1) is 0 Å². The summed E-state index contributed by atoms with van der Waals surface area (Å²) in [5, 5.41) is 3.33. The van der Waals surface area contributed by atoms with E-state index < -0.39 is 0 Å². The molecule has 0 spiro atoms. The highest BCUT2D eigenvalue weighted by molar-refractivity contribution is 5.36. The molecule has 3 rings (SSSR count). The minimum atomic E-state index is 0.385. The standard InChI is InChI=1S/C15H21N5O2/c1-21-5-3-20-11-16-7-13(20)8-17-15-6-14(18-10-19-15)12-2-4-22-9-12/h6-7,10-12H,2-5,8-9H2,1H3,(H,17,18,19). The van der Waals surface area contributed by atoms with Gasteiger partial charge in [0.05, 0.1) is 37.5 Å². The summed E-state index contributed by atoms with van der Waals surface area (Å²) in [6.07, 6.45) is 6.31. The van der Waals surface area contributed by atoms with Crippen LogP contribution >= 0.6 is 0 Å². The Balaban J connectivity index is 1.61. The first kappa shape index (κ1) is 14.9. The van der Waals surface area contributed by atoms with E-state index in [4.69, 9.17) is 9.47 Å². The first-order chi connectivity index (χ1) is 10.9. The lowest BCUT2D eigenvalue weighted by atomic mass is 10.1. The van der Waals surface area contributed by atoms with Crippen molar-refractivity contribution in [3.63, 3.8) is 0 Å². The highest BCUT2D eigenvalue weighted by atomic mass is 16.5. The van der Waals surface area contributed by atoms with Gasteiger partial charge in [-0.3, -0.25) is 0 Å². The zero-order valence-electron chi connectivity index (χ0n) is 12.7. The summed E-state index contributed by atoms with van der Waals surface area (Å²) in [4.78, 5) is 12.8. The molecule has 1 atom stereocenters. The topological polar surface area (TPSA) is 74.1 Å². The number of imidazole rings is 1. The normalized spacial score (nSPS) is 17.8. The molecule has 1 aliphatic rings. The highest BCUT2D eigenvalue weighted by Crippen LogP contribution is 2.24. The van der Waals surface area contributed by atoms with E-state index in [1.807, 2.05) is 18.6 Å². The second kappa shape index (κ2) is 7.33. The fraction of sp³-hybridized carbons (Fsp3) is 0.533. The zero-order chi connectivity index (χ0) is 15.2. The Labute approximate surface area is 129 Å². The van der Waals surface area contributed by atoms with Crippen LogP contribution in [0.25, 0.3) is 0 Å². The van der Waals surface area contributed by atoms with Crippen LogP contribution in [0.1, 0.15) is 23.7 Å². The van der Waals surface area contributed by atoms with Crippen molar-refractivity contribution in [1.29, 1.82) is 0 Å². The number of methoxy groups -OCH3 is 1. The molecule has 7 nitrogen and oxygen atoms in total. The van der Waals surface area contributed by atoms with E-state index in [2.05, 4.69) is 24.8 Å². The van der Waals surface area contributed by atoms with Gasteiger partial charge >= 0.3 is 0 Å². The number of nitrogens with one attached hydrogen (secondary N) is 1. The van der Waals surface area contributed by atoms with Crippen molar-refractivity contribution in [1.82, 2.24) is 19.5 Å². The van der Waals surface area contributed by atoms with Crippen LogP contribution in [0.4, 0.5) is 5.82 Å². The quantitative estimate of drug-likeness (QED) is 0.834. The lowest BCUT2D eigenvalue weighted by Gasteiger charge is -2.11. The molecule has 0 aliphatic carbocycles. The molecule has 0 radical (unpaired) electrons. The summed E-state index contributed by atoms with van der Waals surface area (Å²) >= 11 is 0. The van der Waals surface area contributed by atoms with E-state index in [9.17, 15) is 0 Å². The molecule has 1 unspecified atom stereocenters.